The number of hydrogen-bond donors (Lipinski definition) is 1. The van der Waals surface area contributed by atoms with Gasteiger partial charge in [0.05, 0.1) is 11.0 Å². The predicted octanol–water partition coefficient (Wildman–Crippen LogP) is 4.75. The second kappa shape index (κ2) is 11.2. The Hall–Kier alpha value is -3.62. The number of benzene rings is 3. The second-order valence-electron chi connectivity index (χ2n) is 9.14. The van der Waals surface area contributed by atoms with E-state index in [2.05, 4.69) is 19.7 Å². The van der Waals surface area contributed by atoms with Gasteiger partial charge in [-0.1, -0.05) is 11.6 Å². The van der Waals surface area contributed by atoms with E-state index in [1.807, 2.05) is 37.4 Å². The van der Waals surface area contributed by atoms with Crippen LogP contribution in [0.25, 0.3) is 11.0 Å². The molecular formula is C28H29ClFN5O2. The molecule has 0 spiro atoms. The van der Waals surface area contributed by atoms with Crippen molar-refractivity contribution in [3.05, 3.63) is 83.4 Å². The van der Waals surface area contributed by atoms with E-state index in [1.165, 1.54) is 12.1 Å². The Bertz CT molecular complexity index is 1370. The van der Waals surface area contributed by atoms with E-state index in [9.17, 15) is 9.18 Å². The molecule has 0 unspecified atom stereocenters. The van der Waals surface area contributed by atoms with E-state index < -0.39 is 0 Å². The number of anilines is 2. The Morgan fingerprint density at radius 2 is 1.76 bits per heavy atom. The quantitative estimate of drug-likeness (QED) is 0.362. The van der Waals surface area contributed by atoms with Gasteiger partial charge < -0.3 is 19.5 Å². The second-order valence-corrected chi connectivity index (χ2v) is 9.57. The van der Waals surface area contributed by atoms with Crippen molar-refractivity contribution < 1.29 is 13.9 Å². The molecule has 1 N–H and O–H groups in total. The number of halogens is 2. The Morgan fingerprint density at radius 3 is 2.49 bits per heavy atom. The fourth-order valence-corrected chi connectivity index (χ4v) is 4.69. The van der Waals surface area contributed by atoms with E-state index in [1.54, 1.807) is 24.3 Å². The fourth-order valence-electron chi connectivity index (χ4n) is 4.57. The van der Waals surface area contributed by atoms with E-state index in [-0.39, 0.29) is 18.3 Å². The lowest BCUT2D eigenvalue weighted by molar-refractivity contribution is -0.118. The van der Waals surface area contributed by atoms with Gasteiger partial charge in [0, 0.05) is 62.6 Å². The molecule has 4 aromatic rings. The maximum atomic E-state index is 13.2. The number of hydrogen-bond acceptors (Lipinski definition) is 5. The number of fused-ring (bicyclic) bond motifs is 1. The van der Waals surface area contributed by atoms with Crippen LogP contribution in [0.15, 0.2) is 66.7 Å². The summed E-state index contributed by atoms with van der Waals surface area (Å²) in [5, 5.41) is 3.49. The Morgan fingerprint density at radius 1 is 1.03 bits per heavy atom. The van der Waals surface area contributed by atoms with Crippen molar-refractivity contribution in [3.8, 4) is 5.75 Å². The number of carbonyl (C=O) groups excluding carboxylic acids is 1. The van der Waals surface area contributed by atoms with Crippen molar-refractivity contribution in [1.29, 1.82) is 0 Å². The summed E-state index contributed by atoms with van der Waals surface area (Å²) in [5.41, 5.74) is 3.61. The first kappa shape index (κ1) is 25.0. The van der Waals surface area contributed by atoms with Gasteiger partial charge in [0.15, 0.2) is 6.61 Å². The van der Waals surface area contributed by atoms with Crippen LogP contribution >= 0.6 is 11.6 Å². The van der Waals surface area contributed by atoms with E-state index in [0.717, 1.165) is 61.7 Å². The maximum Gasteiger partial charge on any atom is 0.262 e. The van der Waals surface area contributed by atoms with Gasteiger partial charge in [-0.2, -0.15) is 0 Å². The lowest BCUT2D eigenvalue weighted by Gasteiger charge is -2.36. The Labute approximate surface area is 220 Å². The summed E-state index contributed by atoms with van der Waals surface area (Å²) in [4.78, 5) is 21.9. The van der Waals surface area contributed by atoms with Crippen molar-refractivity contribution in [2.24, 2.45) is 7.05 Å². The van der Waals surface area contributed by atoms with E-state index in [4.69, 9.17) is 21.3 Å². The number of ether oxygens (including phenoxy) is 1. The van der Waals surface area contributed by atoms with Gasteiger partial charge in [0.25, 0.3) is 5.91 Å². The van der Waals surface area contributed by atoms with Crippen LogP contribution in [0.1, 0.15) is 5.82 Å². The average molecular weight is 522 g/mol. The monoisotopic (exact) mass is 521 g/mol. The number of aromatic nitrogens is 2. The first-order chi connectivity index (χ1) is 17.9. The van der Waals surface area contributed by atoms with E-state index >= 15 is 0 Å². The maximum absolute atomic E-state index is 13.2. The van der Waals surface area contributed by atoms with E-state index in [0.29, 0.717) is 16.5 Å². The third-order valence-corrected chi connectivity index (χ3v) is 6.91. The summed E-state index contributed by atoms with van der Waals surface area (Å²) in [7, 11) is 2.02. The molecule has 2 heterocycles. The highest BCUT2D eigenvalue weighted by molar-refractivity contribution is 6.30. The van der Waals surface area contributed by atoms with Crippen LogP contribution in [0.5, 0.6) is 5.75 Å². The molecule has 9 heteroatoms. The molecule has 37 heavy (non-hydrogen) atoms. The zero-order chi connectivity index (χ0) is 25.8. The van der Waals surface area contributed by atoms with Crippen molar-refractivity contribution in [2.75, 3.05) is 49.5 Å². The molecule has 5 rings (SSSR count). The van der Waals surface area contributed by atoms with Gasteiger partial charge in [-0.3, -0.25) is 9.69 Å². The number of nitrogens with zero attached hydrogens (tertiary/aromatic N) is 4. The Balaban J connectivity index is 1.13. The molecule has 1 fully saturated rings. The highest BCUT2D eigenvalue weighted by Crippen LogP contribution is 2.21. The molecule has 1 aromatic heterocycles. The lowest BCUT2D eigenvalue weighted by atomic mass is 10.2. The zero-order valence-corrected chi connectivity index (χ0v) is 21.4. The van der Waals surface area contributed by atoms with Crippen LogP contribution in [0.4, 0.5) is 15.8 Å². The number of rotatable bonds is 8. The summed E-state index contributed by atoms with van der Waals surface area (Å²) < 4.78 is 20.8. The van der Waals surface area contributed by atoms with Gasteiger partial charge in [-0.05, 0) is 66.7 Å². The minimum atomic E-state index is -0.245. The zero-order valence-electron chi connectivity index (χ0n) is 20.7. The van der Waals surface area contributed by atoms with Crippen LogP contribution in [0.2, 0.25) is 5.02 Å². The average Bonchev–Trinajstić information content (AvgIpc) is 3.22. The summed E-state index contributed by atoms with van der Waals surface area (Å²) in [5.74, 6) is 1.14. The highest BCUT2D eigenvalue weighted by atomic mass is 35.5. The lowest BCUT2D eigenvalue weighted by Crippen LogP contribution is -2.47. The molecule has 0 saturated carbocycles. The molecule has 1 aliphatic rings. The number of carbonyl (C=O) groups is 1. The third kappa shape index (κ3) is 6.21. The molecule has 7 nitrogen and oxygen atoms in total. The molecule has 0 aliphatic carbocycles. The number of aryl methyl sites for hydroxylation is 1. The first-order valence-corrected chi connectivity index (χ1v) is 12.7. The summed E-state index contributed by atoms with van der Waals surface area (Å²) >= 11 is 5.88. The summed E-state index contributed by atoms with van der Waals surface area (Å²) in [6.45, 7) is 4.56. The van der Waals surface area contributed by atoms with Crippen LogP contribution in [0.3, 0.4) is 0 Å². The van der Waals surface area contributed by atoms with Crippen LogP contribution in [0, 0.1) is 5.82 Å². The van der Waals surface area contributed by atoms with Gasteiger partial charge in [0.1, 0.15) is 17.4 Å². The minimum absolute atomic E-state index is 0.0957. The molecule has 3 aromatic carbocycles. The molecule has 1 saturated heterocycles. The highest BCUT2D eigenvalue weighted by Gasteiger charge is 2.18. The molecule has 0 bridgehead atoms. The Kier molecular flexibility index (Phi) is 7.58. The van der Waals surface area contributed by atoms with Gasteiger partial charge in [-0.15, -0.1) is 0 Å². The van der Waals surface area contributed by atoms with Crippen molar-refractivity contribution >= 4 is 39.9 Å². The van der Waals surface area contributed by atoms with Gasteiger partial charge in [0.2, 0.25) is 0 Å². The van der Waals surface area contributed by atoms with Crippen molar-refractivity contribution in [2.45, 2.75) is 6.42 Å². The molecule has 1 aliphatic heterocycles. The molecule has 1 amide bonds. The predicted molar refractivity (Wildman–Crippen MR) is 145 cm³/mol. The number of amides is 1. The number of piperazine rings is 1. The van der Waals surface area contributed by atoms with Crippen molar-refractivity contribution in [1.82, 2.24) is 14.5 Å². The normalized spacial score (nSPS) is 14.2. The van der Waals surface area contributed by atoms with Crippen LogP contribution in [-0.2, 0) is 18.3 Å². The number of imidazole rings is 1. The fraction of sp³-hybridized carbons (Fsp3) is 0.286. The molecule has 0 atom stereocenters. The third-order valence-electron chi connectivity index (χ3n) is 6.66. The van der Waals surface area contributed by atoms with Crippen LogP contribution < -0.4 is 15.0 Å². The number of nitrogens with one attached hydrogen (secondary N) is 1. The first-order valence-electron chi connectivity index (χ1n) is 12.3. The largest absolute Gasteiger partial charge is 0.484 e. The smallest absolute Gasteiger partial charge is 0.262 e. The topological polar surface area (TPSA) is 62.6 Å². The molecular weight excluding hydrogens is 493 g/mol. The SMILES string of the molecule is Cn1c(CCN2CCN(c3ccc(F)cc3)CC2)nc2cc(NC(=O)COc3ccc(Cl)cc3)ccc21. The van der Waals surface area contributed by atoms with Crippen LogP contribution in [-0.4, -0.2) is 59.7 Å². The summed E-state index contributed by atoms with van der Waals surface area (Å²) in [6.07, 6.45) is 0.832. The standard InChI is InChI=1S/C28H29ClFN5O2/c1-33-26-11-6-22(31-28(36)19-37-24-9-2-20(29)3-10-24)18-25(26)32-27(33)12-13-34-14-16-35(17-15-34)23-7-4-21(30)5-8-23/h2-11,18H,12-17,19H2,1H3,(H,31,36). The van der Waals surface area contributed by atoms with Gasteiger partial charge >= 0.3 is 0 Å². The molecule has 0 radical (unpaired) electrons. The van der Waals surface area contributed by atoms with Crippen molar-refractivity contribution in [3.63, 3.8) is 0 Å². The molecule has 192 valence electrons. The summed E-state index contributed by atoms with van der Waals surface area (Å²) in [6, 6.07) is 19.3. The van der Waals surface area contributed by atoms with Gasteiger partial charge in [-0.25, -0.2) is 9.37 Å². The minimum Gasteiger partial charge on any atom is -0.484 e.